The molecule has 2 rings (SSSR count). The van der Waals surface area contributed by atoms with Crippen LogP contribution in [0, 0.1) is 5.82 Å². The van der Waals surface area contributed by atoms with Gasteiger partial charge in [0.05, 0.1) is 0 Å². The minimum atomic E-state index is -0.770. The zero-order valence-electron chi connectivity index (χ0n) is 6.55. The lowest BCUT2D eigenvalue weighted by atomic mass is 9.88. The lowest BCUT2D eigenvalue weighted by Gasteiger charge is -2.37. The summed E-state index contributed by atoms with van der Waals surface area (Å²) in [6.07, 6.45) is 0. The van der Waals surface area contributed by atoms with E-state index in [4.69, 9.17) is 0 Å². The lowest BCUT2D eigenvalue weighted by Crippen LogP contribution is -2.56. The fourth-order valence-corrected chi connectivity index (χ4v) is 1.33. The van der Waals surface area contributed by atoms with Gasteiger partial charge in [0.15, 0.2) is 0 Å². The monoisotopic (exact) mass is 167 g/mol. The maximum atomic E-state index is 12.5. The van der Waals surface area contributed by atoms with Gasteiger partial charge in [0.2, 0.25) is 0 Å². The van der Waals surface area contributed by atoms with E-state index in [1.165, 1.54) is 12.1 Å². The number of β-amino-alcohol motifs (C(OH)–C–C–N with tert-alkyl or cyclic N) is 1. The lowest BCUT2D eigenvalue weighted by molar-refractivity contribution is -0.0147. The second kappa shape index (κ2) is 2.54. The number of benzene rings is 1. The SMILES string of the molecule is OC1(c2ccc(F)cc2)CNC1. The van der Waals surface area contributed by atoms with E-state index in [-0.39, 0.29) is 5.82 Å². The van der Waals surface area contributed by atoms with Crippen molar-refractivity contribution in [2.75, 3.05) is 13.1 Å². The van der Waals surface area contributed by atoms with Crippen molar-refractivity contribution in [2.24, 2.45) is 0 Å². The van der Waals surface area contributed by atoms with E-state index in [1.807, 2.05) is 0 Å². The molecular formula is C9H10FNO. The zero-order chi connectivity index (χ0) is 8.60. The predicted octanol–water partition coefficient (Wildman–Crippen LogP) is 0.616. The van der Waals surface area contributed by atoms with Crippen molar-refractivity contribution in [3.63, 3.8) is 0 Å². The van der Waals surface area contributed by atoms with Crippen LogP contribution in [0.5, 0.6) is 0 Å². The first-order valence-corrected chi connectivity index (χ1v) is 3.90. The molecule has 0 aliphatic carbocycles. The topological polar surface area (TPSA) is 32.3 Å². The van der Waals surface area contributed by atoms with Gasteiger partial charge in [-0.1, -0.05) is 12.1 Å². The third kappa shape index (κ3) is 1.11. The molecule has 1 aliphatic heterocycles. The fraction of sp³-hybridized carbons (Fsp3) is 0.333. The third-order valence-electron chi connectivity index (χ3n) is 2.22. The van der Waals surface area contributed by atoms with Gasteiger partial charge in [-0.3, -0.25) is 0 Å². The van der Waals surface area contributed by atoms with Crippen molar-refractivity contribution >= 4 is 0 Å². The Morgan fingerprint density at radius 3 is 2.25 bits per heavy atom. The summed E-state index contributed by atoms with van der Waals surface area (Å²) in [5.41, 5.74) is 0.0101. The maximum absolute atomic E-state index is 12.5. The van der Waals surface area contributed by atoms with E-state index < -0.39 is 5.60 Å². The highest BCUT2D eigenvalue weighted by Gasteiger charge is 2.35. The molecule has 1 aliphatic rings. The molecule has 3 heteroatoms. The van der Waals surface area contributed by atoms with E-state index in [9.17, 15) is 9.50 Å². The van der Waals surface area contributed by atoms with Crippen LogP contribution in [0.25, 0.3) is 0 Å². The summed E-state index contributed by atoms with van der Waals surface area (Å²) >= 11 is 0. The molecule has 12 heavy (non-hydrogen) atoms. The van der Waals surface area contributed by atoms with Gasteiger partial charge in [0.1, 0.15) is 11.4 Å². The molecule has 2 nitrogen and oxygen atoms in total. The van der Waals surface area contributed by atoms with Gasteiger partial charge in [-0.25, -0.2) is 4.39 Å². The summed E-state index contributed by atoms with van der Waals surface area (Å²) in [7, 11) is 0. The molecule has 1 saturated heterocycles. The first-order chi connectivity index (χ1) is 5.71. The van der Waals surface area contributed by atoms with Gasteiger partial charge in [0.25, 0.3) is 0 Å². The standard InChI is InChI=1S/C9H10FNO/c10-8-3-1-7(2-4-8)9(12)5-11-6-9/h1-4,11-12H,5-6H2. The molecule has 2 N–H and O–H groups in total. The molecule has 0 radical (unpaired) electrons. The fourth-order valence-electron chi connectivity index (χ4n) is 1.33. The Morgan fingerprint density at radius 1 is 1.25 bits per heavy atom. The van der Waals surface area contributed by atoms with Crippen LogP contribution in [0.2, 0.25) is 0 Å². The highest BCUT2D eigenvalue weighted by molar-refractivity contribution is 5.26. The van der Waals surface area contributed by atoms with Crippen LogP contribution in [0.15, 0.2) is 24.3 Å². The first kappa shape index (κ1) is 7.71. The molecule has 0 atom stereocenters. The van der Waals surface area contributed by atoms with Crippen LogP contribution in [-0.2, 0) is 5.60 Å². The third-order valence-corrected chi connectivity index (χ3v) is 2.22. The van der Waals surface area contributed by atoms with Crippen molar-refractivity contribution in [1.82, 2.24) is 5.32 Å². The molecule has 0 bridgehead atoms. The molecule has 0 aromatic heterocycles. The van der Waals surface area contributed by atoms with Crippen LogP contribution >= 0.6 is 0 Å². The number of aliphatic hydroxyl groups is 1. The molecule has 1 fully saturated rings. The Hall–Kier alpha value is -0.930. The molecule has 1 aromatic rings. The van der Waals surface area contributed by atoms with Crippen molar-refractivity contribution in [3.8, 4) is 0 Å². The molecule has 0 unspecified atom stereocenters. The summed E-state index contributed by atoms with van der Waals surface area (Å²) < 4.78 is 12.5. The second-order valence-electron chi connectivity index (χ2n) is 3.14. The van der Waals surface area contributed by atoms with Crippen molar-refractivity contribution in [1.29, 1.82) is 0 Å². The second-order valence-corrected chi connectivity index (χ2v) is 3.14. The number of hydrogen-bond acceptors (Lipinski definition) is 2. The van der Waals surface area contributed by atoms with Gasteiger partial charge in [0, 0.05) is 13.1 Å². The predicted molar refractivity (Wildman–Crippen MR) is 43.2 cm³/mol. The van der Waals surface area contributed by atoms with E-state index in [2.05, 4.69) is 5.32 Å². The average molecular weight is 167 g/mol. The van der Waals surface area contributed by atoms with Crippen LogP contribution < -0.4 is 5.32 Å². The molecule has 0 spiro atoms. The van der Waals surface area contributed by atoms with Gasteiger partial charge in [-0.15, -0.1) is 0 Å². The van der Waals surface area contributed by atoms with Gasteiger partial charge in [-0.2, -0.15) is 0 Å². The minimum absolute atomic E-state index is 0.269. The molecular weight excluding hydrogens is 157 g/mol. The van der Waals surface area contributed by atoms with Crippen LogP contribution in [0.4, 0.5) is 4.39 Å². The maximum Gasteiger partial charge on any atom is 0.123 e. The highest BCUT2D eigenvalue weighted by Crippen LogP contribution is 2.24. The molecule has 1 heterocycles. The Morgan fingerprint density at radius 2 is 1.83 bits per heavy atom. The quantitative estimate of drug-likeness (QED) is 0.642. The van der Waals surface area contributed by atoms with Crippen LogP contribution in [0.1, 0.15) is 5.56 Å². The zero-order valence-corrected chi connectivity index (χ0v) is 6.55. The molecule has 0 saturated carbocycles. The Bertz CT molecular complexity index is 279. The van der Waals surface area contributed by atoms with Crippen molar-refractivity contribution < 1.29 is 9.50 Å². The summed E-state index contributed by atoms with van der Waals surface area (Å²) in [6.45, 7) is 1.11. The smallest absolute Gasteiger partial charge is 0.123 e. The van der Waals surface area contributed by atoms with E-state index in [0.29, 0.717) is 13.1 Å². The molecule has 64 valence electrons. The number of nitrogens with one attached hydrogen (secondary N) is 1. The Balaban J connectivity index is 2.28. The summed E-state index contributed by atoms with van der Waals surface area (Å²) in [5.74, 6) is -0.269. The van der Waals surface area contributed by atoms with Gasteiger partial charge < -0.3 is 10.4 Å². The summed E-state index contributed by atoms with van der Waals surface area (Å²) in [6, 6.07) is 5.98. The van der Waals surface area contributed by atoms with E-state index in [0.717, 1.165) is 5.56 Å². The van der Waals surface area contributed by atoms with Crippen molar-refractivity contribution in [2.45, 2.75) is 5.60 Å². The highest BCUT2D eigenvalue weighted by atomic mass is 19.1. The van der Waals surface area contributed by atoms with Crippen LogP contribution in [-0.4, -0.2) is 18.2 Å². The van der Waals surface area contributed by atoms with Crippen molar-refractivity contribution in [3.05, 3.63) is 35.6 Å². The van der Waals surface area contributed by atoms with E-state index >= 15 is 0 Å². The summed E-state index contributed by atoms with van der Waals surface area (Å²) in [5, 5.41) is 12.8. The van der Waals surface area contributed by atoms with Gasteiger partial charge in [-0.05, 0) is 17.7 Å². The Kier molecular flexibility index (Phi) is 1.63. The van der Waals surface area contributed by atoms with Crippen LogP contribution in [0.3, 0.4) is 0 Å². The minimum Gasteiger partial charge on any atom is -0.382 e. The number of hydrogen-bond donors (Lipinski definition) is 2. The normalized spacial score (nSPS) is 20.2. The molecule has 0 amide bonds. The average Bonchev–Trinajstić information content (AvgIpc) is 2.02. The van der Waals surface area contributed by atoms with Gasteiger partial charge >= 0.3 is 0 Å². The van der Waals surface area contributed by atoms with E-state index in [1.54, 1.807) is 12.1 Å². The largest absolute Gasteiger partial charge is 0.382 e. The number of halogens is 1. The summed E-state index contributed by atoms with van der Waals surface area (Å²) in [4.78, 5) is 0. The Labute approximate surface area is 70.0 Å². The number of rotatable bonds is 1. The molecule has 1 aromatic carbocycles. The first-order valence-electron chi connectivity index (χ1n) is 3.90.